The lowest BCUT2D eigenvalue weighted by molar-refractivity contribution is -0.155. The van der Waals surface area contributed by atoms with Gasteiger partial charge in [-0.2, -0.15) is 0 Å². The first-order valence-corrected chi connectivity index (χ1v) is 18.7. The minimum atomic E-state index is -2.93. The first kappa shape index (κ1) is 36.8. The third-order valence-electron chi connectivity index (χ3n) is 11.3. The molecule has 1 spiro atoms. The molecule has 11 nitrogen and oxygen atoms in total. The Hall–Kier alpha value is -5.14. The number of ether oxygens (including phenoxy) is 5. The molecule has 288 valence electrons. The molecule has 1 aliphatic heterocycles. The van der Waals surface area contributed by atoms with Crippen molar-refractivity contribution >= 4 is 39.4 Å². The van der Waals surface area contributed by atoms with E-state index < -0.39 is 24.5 Å². The zero-order valence-electron chi connectivity index (χ0n) is 31.1. The van der Waals surface area contributed by atoms with Gasteiger partial charge >= 0.3 is 11.9 Å². The summed E-state index contributed by atoms with van der Waals surface area (Å²) in [6, 6.07) is 17.3. The van der Waals surface area contributed by atoms with Gasteiger partial charge in [0.2, 0.25) is 5.88 Å². The third-order valence-corrected chi connectivity index (χ3v) is 11.3. The minimum absolute atomic E-state index is 0.0104. The highest BCUT2D eigenvalue weighted by Gasteiger charge is 2.53. The molecule has 0 N–H and O–H groups in total. The number of aromatic nitrogens is 3. The average Bonchev–Trinajstić information content (AvgIpc) is 3.44. The summed E-state index contributed by atoms with van der Waals surface area (Å²) >= 11 is 0. The summed E-state index contributed by atoms with van der Waals surface area (Å²) in [7, 11) is 4.57. The lowest BCUT2D eigenvalue weighted by Gasteiger charge is -2.59. The molecule has 0 amide bonds. The second kappa shape index (κ2) is 14.8. The number of aryl methyl sites for hydroxylation is 1. The molecular formula is C42H44F2N4O7. The molecule has 0 atom stereocenters. The first-order chi connectivity index (χ1) is 26.5. The predicted octanol–water partition coefficient (Wildman–Crippen LogP) is 7.39. The number of hydrogen-bond donors (Lipinski definition) is 0. The summed E-state index contributed by atoms with van der Waals surface area (Å²) in [6.45, 7) is 1.10. The van der Waals surface area contributed by atoms with Crippen LogP contribution >= 0.6 is 0 Å². The van der Waals surface area contributed by atoms with Crippen LogP contribution in [0.25, 0.3) is 32.9 Å². The summed E-state index contributed by atoms with van der Waals surface area (Å²) in [5, 5.41) is 2.29. The summed E-state index contributed by atoms with van der Waals surface area (Å²) in [5.74, 6) is -3.61. The van der Waals surface area contributed by atoms with E-state index in [1.165, 1.54) is 14.2 Å². The van der Waals surface area contributed by atoms with Crippen LogP contribution in [-0.2, 0) is 26.0 Å². The Bertz CT molecular complexity index is 2210. The van der Waals surface area contributed by atoms with E-state index in [9.17, 15) is 18.4 Å². The van der Waals surface area contributed by atoms with E-state index in [-0.39, 0.29) is 54.3 Å². The van der Waals surface area contributed by atoms with Crippen molar-refractivity contribution in [2.75, 3.05) is 45.4 Å². The zero-order valence-corrected chi connectivity index (χ0v) is 31.1. The molecule has 3 aliphatic rings. The van der Waals surface area contributed by atoms with Crippen LogP contribution in [-0.4, -0.2) is 91.2 Å². The van der Waals surface area contributed by atoms with Gasteiger partial charge in [-0.05, 0) is 61.2 Å². The van der Waals surface area contributed by atoms with Crippen LogP contribution in [0.15, 0.2) is 73.2 Å². The Morgan fingerprint density at radius 2 is 1.60 bits per heavy atom. The molecule has 8 rings (SSSR count). The van der Waals surface area contributed by atoms with Crippen LogP contribution < -0.4 is 9.64 Å². The topological polar surface area (TPSA) is 114 Å². The highest BCUT2D eigenvalue weighted by molar-refractivity contribution is 6.08. The first-order valence-electron chi connectivity index (χ1n) is 18.7. The number of carbonyl (C=O) groups is 2. The largest absolute Gasteiger partial charge is 0.474 e. The fraction of sp³-hybridized carbons (Fsp3) is 0.429. The number of pyridine rings is 2. The SMILES string of the molecule is COC(=O)c1ccc(N2CC3(CC(OCC(F)(F)CCCO[C@H]4C[C@H](Oc5ccc(-c6ccc7c8cnccc8n(C)c7c6)cn5)C4)C3)C2)cc1C(=O)OC. The van der Waals surface area contributed by atoms with E-state index in [2.05, 4.69) is 44.7 Å². The normalized spacial score (nSPS) is 19.2. The Morgan fingerprint density at radius 1 is 0.836 bits per heavy atom. The number of alkyl halides is 2. The fourth-order valence-corrected chi connectivity index (χ4v) is 8.19. The highest BCUT2D eigenvalue weighted by Crippen LogP contribution is 2.51. The highest BCUT2D eigenvalue weighted by atomic mass is 19.3. The second-order valence-electron chi connectivity index (χ2n) is 15.1. The fourth-order valence-electron chi connectivity index (χ4n) is 8.19. The number of carbonyl (C=O) groups excluding carboxylic acids is 2. The van der Waals surface area contributed by atoms with Crippen LogP contribution in [0.2, 0.25) is 0 Å². The molecule has 2 aliphatic carbocycles. The Labute approximate surface area is 317 Å². The lowest BCUT2D eigenvalue weighted by atomic mass is 9.61. The van der Waals surface area contributed by atoms with Gasteiger partial charge in [0.05, 0.1) is 43.1 Å². The van der Waals surface area contributed by atoms with Gasteiger partial charge in [-0.25, -0.2) is 23.4 Å². The third kappa shape index (κ3) is 7.47. The van der Waals surface area contributed by atoms with Crippen LogP contribution in [0.1, 0.15) is 59.2 Å². The van der Waals surface area contributed by atoms with E-state index in [1.807, 2.05) is 36.8 Å². The van der Waals surface area contributed by atoms with Crippen molar-refractivity contribution in [2.45, 2.75) is 62.8 Å². The van der Waals surface area contributed by atoms with Gasteiger partial charge in [0, 0.05) is 104 Å². The van der Waals surface area contributed by atoms with Crippen molar-refractivity contribution in [1.29, 1.82) is 0 Å². The minimum Gasteiger partial charge on any atom is -0.474 e. The quantitative estimate of drug-likeness (QED) is 0.0840. The number of anilines is 1. The maximum absolute atomic E-state index is 14.7. The van der Waals surface area contributed by atoms with Crippen molar-refractivity contribution in [3.8, 4) is 17.0 Å². The molecule has 2 aromatic carbocycles. The van der Waals surface area contributed by atoms with Gasteiger partial charge in [0.25, 0.3) is 5.92 Å². The van der Waals surface area contributed by atoms with Gasteiger partial charge in [0.1, 0.15) is 12.7 Å². The number of esters is 2. The lowest BCUT2D eigenvalue weighted by Crippen LogP contribution is -2.64. The molecule has 0 bridgehead atoms. The number of benzene rings is 2. The van der Waals surface area contributed by atoms with Gasteiger partial charge < -0.3 is 33.2 Å². The zero-order chi connectivity index (χ0) is 38.3. The molecule has 0 unspecified atom stereocenters. The van der Waals surface area contributed by atoms with E-state index >= 15 is 0 Å². The smallest absolute Gasteiger partial charge is 0.338 e. The number of halogens is 2. The van der Waals surface area contributed by atoms with Gasteiger partial charge in [-0.3, -0.25) is 4.98 Å². The standard InChI is InChI=1S/C42H44F2N4O7/c1-47-36-11-13-45-22-35(36)32-8-5-26(15-37(32)47)27-6-10-38(46-21-27)55-30-17-29(18-30)53-14-4-12-42(43,44)25-54-31-19-41(20-31)23-48(24-41)28-7-9-33(39(49)51-2)34(16-28)40(50)52-3/h5-11,13,15-16,21-22,29-31H,4,12,14,17-20,23-25H2,1-3H3/t29-,30-. The van der Waals surface area contributed by atoms with Crippen molar-refractivity contribution in [3.63, 3.8) is 0 Å². The molecule has 1 saturated heterocycles. The van der Waals surface area contributed by atoms with Crippen molar-refractivity contribution in [3.05, 3.63) is 84.3 Å². The van der Waals surface area contributed by atoms with E-state index in [4.69, 9.17) is 23.7 Å². The van der Waals surface area contributed by atoms with Crippen molar-refractivity contribution < 1.29 is 42.1 Å². The maximum atomic E-state index is 14.7. The summed E-state index contributed by atoms with van der Waals surface area (Å²) < 4.78 is 58.7. The van der Waals surface area contributed by atoms with E-state index in [0.717, 1.165) is 51.7 Å². The van der Waals surface area contributed by atoms with E-state index in [1.54, 1.807) is 18.2 Å². The predicted molar refractivity (Wildman–Crippen MR) is 202 cm³/mol. The molecule has 3 fully saturated rings. The van der Waals surface area contributed by atoms with E-state index in [0.29, 0.717) is 31.6 Å². The molecule has 0 radical (unpaired) electrons. The van der Waals surface area contributed by atoms with Gasteiger partial charge in [0.15, 0.2) is 0 Å². The van der Waals surface area contributed by atoms with Gasteiger partial charge in [-0.1, -0.05) is 12.1 Å². The van der Waals surface area contributed by atoms with Crippen LogP contribution in [0, 0.1) is 5.41 Å². The maximum Gasteiger partial charge on any atom is 0.338 e. The molecule has 13 heteroatoms. The summed E-state index contributed by atoms with van der Waals surface area (Å²) in [6.07, 6.45) is 8.05. The monoisotopic (exact) mass is 754 g/mol. The number of rotatable bonds is 14. The molecule has 4 heterocycles. The van der Waals surface area contributed by atoms with Gasteiger partial charge in [-0.15, -0.1) is 0 Å². The molecule has 3 aromatic heterocycles. The summed E-state index contributed by atoms with van der Waals surface area (Å²) in [5.41, 5.74) is 5.41. The van der Waals surface area contributed by atoms with Crippen LogP contribution in [0.5, 0.6) is 5.88 Å². The number of methoxy groups -OCH3 is 2. The van der Waals surface area contributed by atoms with Crippen molar-refractivity contribution in [2.24, 2.45) is 12.5 Å². The Morgan fingerprint density at radius 3 is 2.35 bits per heavy atom. The molecule has 2 saturated carbocycles. The average molecular weight is 755 g/mol. The Balaban J connectivity index is 0.712. The number of hydrogen-bond acceptors (Lipinski definition) is 10. The van der Waals surface area contributed by atoms with Crippen LogP contribution in [0.4, 0.5) is 14.5 Å². The molecular weight excluding hydrogens is 710 g/mol. The number of nitrogens with zero attached hydrogens (tertiary/aromatic N) is 4. The Kier molecular flexibility index (Phi) is 9.93. The molecule has 55 heavy (non-hydrogen) atoms. The summed E-state index contributed by atoms with van der Waals surface area (Å²) in [4.78, 5) is 35.3. The second-order valence-corrected chi connectivity index (χ2v) is 15.1. The van der Waals surface area contributed by atoms with Crippen LogP contribution in [0.3, 0.4) is 0 Å². The van der Waals surface area contributed by atoms with Crippen molar-refractivity contribution in [1.82, 2.24) is 14.5 Å². The number of fused-ring (bicyclic) bond motifs is 3. The molecule has 5 aromatic rings.